The van der Waals surface area contributed by atoms with Gasteiger partial charge in [0.05, 0.1) is 10.5 Å². The Morgan fingerprint density at radius 1 is 1.26 bits per heavy atom. The van der Waals surface area contributed by atoms with Crippen LogP contribution in [0.1, 0.15) is 22.3 Å². The molecule has 31 heavy (non-hydrogen) atoms. The summed E-state index contributed by atoms with van der Waals surface area (Å²) in [7, 11) is 0. The van der Waals surface area contributed by atoms with E-state index in [1.807, 2.05) is 0 Å². The van der Waals surface area contributed by atoms with Crippen molar-refractivity contribution in [1.29, 1.82) is 0 Å². The second-order valence-corrected chi connectivity index (χ2v) is 7.71. The number of rotatable bonds is 7. The zero-order valence-corrected chi connectivity index (χ0v) is 17.0. The molecule has 1 heterocycles. The molecule has 0 bridgehead atoms. The average molecular weight is 445 g/mol. The minimum atomic E-state index is -1.70. The van der Waals surface area contributed by atoms with Crippen LogP contribution in [-0.4, -0.2) is 45.2 Å². The molecule has 11 heteroatoms. The second-order valence-electron chi connectivity index (χ2n) is 6.98. The molecule has 1 amide bonds. The number of hydrogen-bond donors (Lipinski definition) is 4. The second kappa shape index (κ2) is 9.14. The summed E-state index contributed by atoms with van der Waals surface area (Å²) in [5.74, 6) is -2.67. The van der Waals surface area contributed by atoms with Crippen LogP contribution in [-0.2, 0) is 20.9 Å². The highest BCUT2D eigenvalue weighted by molar-refractivity contribution is 7.81. The van der Waals surface area contributed by atoms with Crippen LogP contribution in [0.2, 0.25) is 0 Å². The van der Waals surface area contributed by atoms with Gasteiger partial charge in [-0.1, -0.05) is 6.07 Å². The van der Waals surface area contributed by atoms with Gasteiger partial charge >= 0.3 is 11.9 Å². The number of aromatic carboxylic acids is 1. The van der Waals surface area contributed by atoms with Crippen molar-refractivity contribution in [1.82, 2.24) is 5.32 Å². The van der Waals surface area contributed by atoms with Crippen LogP contribution in [0.5, 0.6) is 0 Å². The lowest BCUT2D eigenvalue weighted by Gasteiger charge is -2.26. The topological polar surface area (TPSA) is 148 Å². The molecule has 0 radical (unpaired) electrons. The molecule has 0 saturated carbocycles. The molecule has 0 aromatic heterocycles. The number of carbonyl (C=O) groups excluding carboxylic acids is 2. The number of carboxylic acid groups (broad SMARTS) is 1. The zero-order valence-electron chi connectivity index (χ0n) is 16.1. The number of ether oxygens (including phenoxy) is 1. The van der Waals surface area contributed by atoms with E-state index >= 15 is 0 Å². The molecule has 0 spiro atoms. The minimum absolute atomic E-state index is 0.0148. The Bertz CT molecular complexity index is 1030. The van der Waals surface area contributed by atoms with Gasteiger partial charge in [0, 0.05) is 29.6 Å². The number of non-ortho nitro benzene ring substituents is 1. The van der Waals surface area contributed by atoms with Gasteiger partial charge < -0.3 is 15.2 Å². The fraction of sp³-hybridized carbons (Fsp3) is 0.250. The Balaban J connectivity index is 1.74. The van der Waals surface area contributed by atoms with Crippen LogP contribution in [0.25, 0.3) is 0 Å². The van der Waals surface area contributed by atoms with E-state index in [4.69, 9.17) is 9.84 Å². The number of hydrogen-bond acceptors (Lipinski definition) is 8. The first-order valence-electron chi connectivity index (χ1n) is 9.20. The van der Waals surface area contributed by atoms with Crippen molar-refractivity contribution >= 4 is 41.8 Å². The SMILES string of the molecule is O=C(O)c1cccc(NC(=O)[C@]2(C(=O)OCc3ccc([N+](=O)[O-])cc3)C[C@H](S)CN2)c1. The van der Waals surface area contributed by atoms with Gasteiger partial charge in [0.1, 0.15) is 6.61 Å². The largest absolute Gasteiger partial charge is 0.478 e. The first-order chi connectivity index (χ1) is 14.7. The van der Waals surface area contributed by atoms with E-state index in [2.05, 4.69) is 23.3 Å². The molecule has 1 fully saturated rings. The lowest BCUT2D eigenvalue weighted by Crippen LogP contribution is -2.57. The van der Waals surface area contributed by atoms with Gasteiger partial charge in [-0.05, 0) is 42.3 Å². The van der Waals surface area contributed by atoms with E-state index in [1.54, 1.807) is 0 Å². The van der Waals surface area contributed by atoms with Gasteiger partial charge in [-0.3, -0.25) is 20.2 Å². The molecule has 1 saturated heterocycles. The Morgan fingerprint density at radius 2 is 1.97 bits per heavy atom. The predicted molar refractivity (Wildman–Crippen MR) is 113 cm³/mol. The van der Waals surface area contributed by atoms with E-state index in [0.29, 0.717) is 12.1 Å². The number of thiol groups is 1. The van der Waals surface area contributed by atoms with Crippen LogP contribution in [0.15, 0.2) is 48.5 Å². The maximum absolute atomic E-state index is 13.0. The highest BCUT2D eigenvalue weighted by atomic mass is 32.1. The number of carboxylic acids is 1. The predicted octanol–water partition coefficient (Wildman–Crippen LogP) is 2.01. The van der Waals surface area contributed by atoms with Crippen molar-refractivity contribution in [3.8, 4) is 0 Å². The Labute approximate surface area is 182 Å². The molecule has 1 aliphatic heterocycles. The lowest BCUT2D eigenvalue weighted by molar-refractivity contribution is -0.384. The van der Waals surface area contributed by atoms with Crippen LogP contribution < -0.4 is 10.6 Å². The molecule has 2 aromatic rings. The molecule has 162 valence electrons. The number of benzene rings is 2. The molecule has 3 N–H and O–H groups in total. The summed E-state index contributed by atoms with van der Waals surface area (Å²) < 4.78 is 5.32. The normalized spacial score (nSPS) is 20.1. The van der Waals surface area contributed by atoms with Crippen LogP contribution >= 0.6 is 12.6 Å². The first kappa shape index (κ1) is 22.2. The van der Waals surface area contributed by atoms with Gasteiger partial charge in [-0.2, -0.15) is 12.6 Å². The first-order valence-corrected chi connectivity index (χ1v) is 9.71. The fourth-order valence-corrected chi connectivity index (χ4v) is 3.53. The lowest BCUT2D eigenvalue weighted by atomic mass is 9.96. The summed E-state index contributed by atoms with van der Waals surface area (Å²) in [5, 5.41) is 25.0. The van der Waals surface area contributed by atoms with Gasteiger partial charge in [-0.25, -0.2) is 9.59 Å². The van der Waals surface area contributed by atoms with Crippen LogP contribution in [0, 0.1) is 10.1 Å². The number of carbonyl (C=O) groups is 3. The maximum Gasteiger partial charge on any atom is 0.336 e. The third kappa shape index (κ3) is 5.01. The van der Waals surface area contributed by atoms with Crippen molar-refractivity contribution in [2.24, 2.45) is 0 Å². The molecule has 0 unspecified atom stereocenters. The number of anilines is 1. The van der Waals surface area contributed by atoms with Gasteiger partial charge in [-0.15, -0.1) is 0 Å². The Morgan fingerprint density at radius 3 is 2.55 bits per heavy atom. The monoisotopic (exact) mass is 445 g/mol. The molecule has 2 aromatic carbocycles. The van der Waals surface area contributed by atoms with Crippen molar-refractivity contribution in [2.45, 2.75) is 23.8 Å². The van der Waals surface area contributed by atoms with E-state index in [9.17, 15) is 24.5 Å². The summed E-state index contributed by atoms with van der Waals surface area (Å²) in [6.07, 6.45) is 0.0691. The third-order valence-corrected chi connectivity index (χ3v) is 5.17. The summed E-state index contributed by atoms with van der Waals surface area (Å²) in [6.45, 7) is 0.109. The summed E-state index contributed by atoms with van der Waals surface area (Å²) >= 11 is 4.34. The number of nitrogens with zero attached hydrogens (tertiary/aromatic N) is 1. The number of amides is 1. The van der Waals surface area contributed by atoms with E-state index in [0.717, 1.165) is 0 Å². The fourth-order valence-electron chi connectivity index (χ4n) is 3.16. The maximum atomic E-state index is 13.0. The number of esters is 1. The quantitative estimate of drug-likeness (QED) is 0.166. The average Bonchev–Trinajstić information content (AvgIpc) is 3.15. The summed E-state index contributed by atoms with van der Waals surface area (Å²) in [6, 6.07) is 11.1. The van der Waals surface area contributed by atoms with Gasteiger partial charge in [0.25, 0.3) is 11.6 Å². The standard InChI is InChI=1S/C20H19N3O7S/c24-17(25)13-2-1-3-14(8-13)22-18(26)20(9-16(31)10-21-20)19(27)30-11-12-4-6-15(7-5-12)23(28)29/h1-8,16,21,31H,9-11H2,(H,22,26)(H,24,25)/t16-,20-/m0/s1. The molecule has 0 aliphatic carbocycles. The van der Waals surface area contributed by atoms with Gasteiger partial charge in [0.15, 0.2) is 5.54 Å². The van der Waals surface area contributed by atoms with Crippen molar-refractivity contribution < 1.29 is 29.2 Å². The highest BCUT2D eigenvalue weighted by Gasteiger charge is 2.52. The molecular formula is C20H19N3O7S. The molecule has 10 nitrogen and oxygen atoms in total. The van der Waals surface area contributed by atoms with Crippen LogP contribution in [0.3, 0.4) is 0 Å². The number of nitrogens with one attached hydrogen (secondary N) is 2. The van der Waals surface area contributed by atoms with E-state index in [1.165, 1.54) is 48.5 Å². The van der Waals surface area contributed by atoms with Crippen LogP contribution in [0.4, 0.5) is 11.4 Å². The molecule has 1 aliphatic rings. The third-order valence-electron chi connectivity index (χ3n) is 4.80. The Hall–Kier alpha value is -3.44. The zero-order chi connectivity index (χ0) is 22.6. The summed E-state index contributed by atoms with van der Waals surface area (Å²) in [4.78, 5) is 47.2. The molecular weight excluding hydrogens is 426 g/mol. The van der Waals surface area contributed by atoms with E-state index < -0.39 is 28.3 Å². The van der Waals surface area contributed by atoms with Crippen molar-refractivity contribution in [3.63, 3.8) is 0 Å². The molecule has 2 atom stereocenters. The number of nitro groups is 1. The van der Waals surface area contributed by atoms with E-state index in [-0.39, 0.29) is 35.2 Å². The molecule has 3 rings (SSSR count). The minimum Gasteiger partial charge on any atom is -0.478 e. The van der Waals surface area contributed by atoms with Gasteiger partial charge in [0.2, 0.25) is 0 Å². The van der Waals surface area contributed by atoms with Crippen molar-refractivity contribution in [3.05, 3.63) is 69.8 Å². The number of nitro benzene ring substituents is 1. The van der Waals surface area contributed by atoms with Crippen molar-refractivity contribution in [2.75, 3.05) is 11.9 Å². The highest BCUT2D eigenvalue weighted by Crippen LogP contribution is 2.27. The summed E-state index contributed by atoms with van der Waals surface area (Å²) in [5.41, 5.74) is -1.07. The smallest absolute Gasteiger partial charge is 0.336 e. The Kier molecular flexibility index (Phi) is 6.56.